The first-order chi connectivity index (χ1) is 6.65. The van der Waals surface area contributed by atoms with Crippen molar-refractivity contribution in [3.05, 3.63) is 0 Å². The highest BCUT2D eigenvalue weighted by Gasteiger charge is 2.29. The average Bonchev–Trinajstić information content (AvgIpc) is 2.13. The SMILES string of the molecule is CCNC(=O)O[C@@H]1CCC[C@@H](C)[C@H]1C. The van der Waals surface area contributed by atoms with Crippen molar-refractivity contribution >= 4 is 6.09 Å². The van der Waals surface area contributed by atoms with E-state index in [1.807, 2.05) is 6.92 Å². The first-order valence-corrected chi connectivity index (χ1v) is 5.59. The van der Waals surface area contributed by atoms with Crippen molar-refractivity contribution in [3.63, 3.8) is 0 Å². The minimum absolute atomic E-state index is 0.116. The van der Waals surface area contributed by atoms with Gasteiger partial charge in [0.25, 0.3) is 0 Å². The van der Waals surface area contributed by atoms with E-state index in [-0.39, 0.29) is 12.2 Å². The molecule has 1 fully saturated rings. The zero-order chi connectivity index (χ0) is 10.6. The maximum absolute atomic E-state index is 11.2. The van der Waals surface area contributed by atoms with E-state index in [1.165, 1.54) is 12.8 Å². The number of carbonyl (C=O) groups is 1. The highest BCUT2D eigenvalue weighted by molar-refractivity contribution is 5.67. The topological polar surface area (TPSA) is 38.3 Å². The fourth-order valence-corrected chi connectivity index (χ4v) is 2.02. The van der Waals surface area contributed by atoms with E-state index in [0.29, 0.717) is 18.4 Å². The Labute approximate surface area is 86.2 Å². The number of carbonyl (C=O) groups excluding carboxylic acids is 1. The summed E-state index contributed by atoms with van der Waals surface area (Å²) in [4.78, 5) is 11.2. The summed E-state index contributed by atoms with van der Waals surface area (Å²) < 4.78 is 5.36. The van der Waals surface area contributed by atoms with Crippen molar-refractivity contribution in [3.8, 4) is 0 Å². The molecule has 0 saturated heterocycles. The molecule has 82 valence electrons. The van der Waals surface area contributed by atoms with Crippen LogP contribution in [0.5, 0.6) is 0 Å². The molecule has 3 nitrogen and oxygen atoms in total. The quantitative estimate of drug-likeness (QED) is 0.742. The fourth-order valence-electron chi connectivity index (χ4n) is 2.02. The zero-order valence-electron chi connectivity index (χ0n) is 9.38. The predicted octanol–water partition coefficient (Wildman–Crippen LogP) is 2.56. The molecule has 0 aliphatic heterocycles. The van der Waals surface area contributed by atoms with Crippen LogP contribution in [-0.4, -0.2) is 18.7 Å². The van der Waals surface area contributed by atoms with Gasteiger partial charge in [-0.2, -0.15) is 0 Å². The molecule has 0 heterocycles. The number of amides is 1. The fraction of sp³-hybridized carbons (Fsp3) is 0.909. The number of nitrogens with one attached hydrogen (secondary N) is 1. The van der Waals surface area contributed by atoms with Crippen LogP contribution >= 0.6 is 0 Å². The Morgan fingerprint density at radius 1 is 1.43 bits per heavy atom. The van der Waals surface area contributed by atoms with Crippen molar-refractivity contribution < 1.29 is 9.53 Å². The third kappa shape index (κ3) is 2.89. The normalized spacial score (nSPS) is 32.4. The third-order valence-corrected chi connectivity index (χ3v) is 3.21. The van der Waals surface area contributed by atoms with Gasteiger partial charge < -0.3 is 10.1 Å². The van der Waals surface area contributed by atoms with Gasteiger partial charge in [-0.1, -0.05) is 20.3 Å². The summed E-state index contributed by atoms with van der Waals surface area (Å²) in [7, 11) is 0. The summed E-state index contributed by atoms with van der Waals surface area (Å²) >= 11 is 0. The minimum Gasteiger partial charge on any atom is -0.446 e. The summed E-state index contributed by atoms with van der Waals surface area (Å²) in [5.74, 6) is 1.16. The van der Waals surface area contributed by atoms with Crippen LogP contribution < -0.4 is 5.32 Å². The molecule has 0 aromatic carbocycles. The van der Waals surface area contributed by atoms with Crippen LogP contribution in [0.25, 0.3) is 0 Å². The maximum Gasteiger partial charge on any atom is 0.407 e. The summed E-state index contributed by atoms with van der Waals surface area (Å²) in [6.07, 6.45) is 3.30. The van der Waals surface area contributed by atoms with Crippen molar-refractivity contribution in [2.24, 2.45) is 11.8 Å². The average molecular weight is 199 g/mol. The van der Waals surface area contributed by atoms with E-state index in [9.17, 15) is 4.79 Å². The van der Waals surface area contributed by atoms with Crippen LogP contribution in [0.15, 0.2) is 0 Å². The van der Waals surface area contributed by atoms with Crippen LogP contribution in [0.1, 0.15) is 40.0 Å². The van der Waals surface area contributed by atoms with Gasteiger partial charge in [-0.3, -0.25) is 0 Å². The molecule has 0 unspecified atom stereocenters. The zero-order valence-corrected chi connectivity index (χ0v) is 9.38. The summed E-state index contributed by atoms with van der Waals surface area (Å²) in [5, 5.41) is 2.67. The summed E-state index contributed by atoms with van der Waals surface area (Å²) in [6, 6.07) is 0. The van der Waals surface area contributed by atoms with E-state index < -0.39 is 0 Å². The molecular formula is C11H21NO2. The molecule has 0 bridgehead atoms. The van der Waals surface area contributed by atoms with Crippen LogP contribution in [-0.2, 0) is 4.74 Å². The van der Waals surface area contributed by atoms with Gasteiger partial charge in [-0.05, 0) is 31.6 Å². The molecule has 3 heteroatoms. The molecule has 1 N–H and O–H groups in total. The van der Waals surface area contributed by atoms with Crippen molar-refractivity contribution in [2.75, 3.05) is 6.54 Å². The lowest BCUT2D eigenvalue weighted by Gasteiger charge is -2.33. The summed E-state index contributed by atoms with van der Waals surface area (Å²) in [6.45, 7) is 6.94. The van der Waals surface area contributed by atoms with Gasteiger partial charge >= 0.3 is 6.09 Å². The van der Waals surface area contributed by atoms with E-state index in [2.05, 4.69) is 19.2 Å². The van der Waals surface area contributed by atoms with Gasteiger partial charge in [0.05, 0.1) is 0 Å². The smallest absolute Gasteiger partial charge is 0.407 e. The number of hydrogen-bond acceptors (Lipinski definition) is 2. The van der Waals surface area contributed by atoms with E-state index in [0.717, 1.165) is 6.42 Å². The second-order valence-electron chi connectivity index (χ2n) is 4.24. The Morgan fingerprint density at radius 2 is 2.14 bits per heavy atom. The molecule has 1 rings (SSSR count). The standard InChI is InChI=1S/C11H21NO2/c1-4-12-11(13)14-10-7-5-6-8(2)9(10)3/h8-10H,4-7H2,1-3H3,(H,12,13)/t8-,9-,10-/m1/s1. The molecule has 0 spiro atoms. The van der Waals surface area contributed by atoms with Crippen molar-refractivity contribution in [1.82, 2.24) is 5.32 Å². The summed E-state index contributed by atoms with van der Waals surface area (Å²) in [5.41, 5.74) is 0. The van der Waals surface area contributed by atoms with Gasteiger partial charge in [0.2, 0.25) is 0 Å². The first kappa shape index (κ1) is 11.3. The van der Waals surface area contributed by atoms with E-state index >= 15 is 0 Å². The van der Waals surface area contributed by atoms with Crippen LogP contribution in [0, 0.1) is 11.8 Å². The predicted molar refractivity (Wildman–Crippen MR) is 56.1 cm³/mol. The molecule has 0 radical (unpaired) electrons. The first-order valence-electron chi connectivity index (χ1n) is 5.59. The monoisotopic (exact) mass is 199 g/mol. The van der Waals surface area contributed by atoms with Crippen LogP contribution in [0.4, 0.5) is 4.79 Å². The number of ether oxygens (including phenoxy) is 1. The maximum atomic E-state index is 11.2. The Hall–Kier alpha value is -0.730. The van der Waals surface area contributed by atoms with Gasteiger partial charge in [0.1, 0.15) is 6.10 Å². The molecule has 0 aromatic rings. The highest BCUT2D eigenvalue weighted by Crippen LogP contribution is 2.31. The molecule has 3 atom stereocenters. The lowest BCUT2D eigenvalue weighted by atomic mass is 9.79. The molecular weight excluding hydrogens is 178 g/mol. The van der Waals surface area contributed by atoms with Gasteiger partial charge in [0.15, 0.2) is 0 Å². The Morgan fingerprint density at radius 3 is 2.79 bits per heavy atom. The highest BCUT2D eigenvalue weighted by atomic mass is 16.6. The minimum atomic E-state index is -0.265. The molecule has 1 amide bonds. The van der Waals surface area contributed by atoms with E-state index in [4.69, 9.17) is 4.74 Å². The molecule has 0 aromatic heterocycles. The largest absolute Gasteiger partial charge is 0.446 e. The molecule has 1 aliphatic carbocycles. The molecule has 1 saturated carbocycles. The Bertz CT molecular complexity index is 194. The number of hydrogen-bond donors (Lipinski definition) is 1. The Balaban J connectivity index is 2.39. The molecule has 14 heavy (non-hydrogen) atoms. The second-order valence-corrected chi connectivity index (χ2v) is 4.24. The number of rotatable bonds is 2. The lowest BCUT2D eigenvalue weighted by Crippen LogP contribution is -2.36. The van der Waals surface area contributed by atoms with Crippen LogP contribution in [0.3, 0.4) is 0 Å². The van der Waals surface area contributed by atoms with Crippen LogP contribution in [0.2, 0.25) is 0 Å². The Kier molecular flexibility index (Phi) is 4.23. The third-order valence-electron chi connectivity index (χ3n) is 3.21. The van der Waals surface area contributed by atoms with Crippen molar-refractivity contribution in [2.45, 2.75) is 46.1 Å². The second kappa shape index (κ2) is 5.23. The van der Waals surface area contributed by atoms with Crippen molar-refractivity contribution in [1.29, 1.82) is 0 Å². The van der Waals surface area contributed by atoms with Gasteiger partial charge in [-0.15, -0.1) is 0 Å². The van der Waals surface area contributed by atoms with Gasteiger partial charge in [-0.25, -0.2) is 4.79 Å². The van der Waals surface area contributed by atoms with Gasteiger partial charge in [0, 0.05) is 6.54 Å². The number of alkyl carbamates (subject to hydrolysis) is 1. The molecule has 1 aliphatic rings. The lowest BCUT2D eigenvalue weighted by molar-refractivity contribution is 0.0231. The van der Waals surface area contributed by atoms with E-state index in [1.54, 1.807) is 0 Å².